The Morgan fingerprint density at radius 2 is 0.940 bits per heavy atom. The number of thiophene rings is 1. The van der Waals surface area contributed by atoms with Gasteiger partial charge in [0.05, 0.1) is 27.8 Å². The standard InChI is InChI=1S/C64H42N2S/c1-63(2)51-25-8-3-17-41(51)43-35-33-39(37-55(43)63)65(57-29-11-6-20-46(57)49-23-15-24-50-47-21-7-14-32-60(47)67-62(49)50)40-34-36-44-42-18-4-9-26-52(42)64(56(44)38-40)53-27-10-13-31-59(53)66-58-30-12-5-19-45(58)48-22-16-28-54(64)61(48)66/h3-38H,1-2H3. The van der Waals surface area contributed by atoms with Crippen LogP contribution in [0, 0.1) is 0 Å². The maximum atomic E-state index is 2.56. The molecule has 2 aliphatic carbocycles. The highest BCUT2D eigenvalue weighted by atomic mass is 32.1. The molecule has 0 amide bonds. The minimum absolute atomic E-state index is 0.164. The summed E-state index contributed by atoms with van der Waals surface area (Å²) in [5, 5.41) is 5.18. The molecule has 15 rings (SSSR count). The fourth-order valence-corrected chi connectivity index (χ4v) is 14.0. The van der Waals surface area contributed by atoms with Gasteiger partial charge in [-0.1, -0.05) is 184 Å². The summed E-state index contributed by atoms with van der Waals surface area (Å²) >= 11 is 1.89. The first-order valence-corrected chi connectivity index (χ1v) is 24.2. The van der Waals surface area contributed by atoms with Crippen molar-refractivity contribution < 1.29 is 0 Å². The van der Waals surface area contributed by atoms with Gasteiger partial charge in [-0.15, -0.1) is 11.3 Å². The van der Waals surface area contributed by atoms with E-state index in [1.165, 1.54) is 114 Å². The molecule has 2 aromatic heterocycles. The number of hydrogen-bond donors (Lipinski definition) is 0. The van der Waals surface area contributed by atoms with Crippen molar-refractivity contribution in [3.8, 4) is 39.1 Å². The second-order valence-electron chi connectivity index (χ2n) is 19.1. The SMILES string of the molecule is CC1(C)c2ccccc2-c2ccc(N(c3ccc4c(c3)C3(c5ccccc5-4)c4ccccc4-n4c5ccccc5c5cccc3c54)c3ccccc3-c3cccc4c3sc3ccccc34)cc21. The molecule has 0 fully saturated rings. The summed E-state index contributed by atoms with van der Waals surface area (Å²) in [5.74, 6) is 0. The lowest BCUT2D eigenvalue weighted by molar-refractivity contribution is 0.660. The Balaban J connectivity index is 1.03. The smallest absolute Gasteiger partial charge is 0.0755 e. The van der Waals surface area contributed by atoms with Gasteiger partial charge in [0, 0.05) is 58.9 Å². The van der Waals surface area contributed by atoms with Crippen LogP contribution in [0.4, 0.5) is 17.1 Å². The van der Waals surface area contributed by atoms with Crippen molar-refractivity contribution in [2.45, 2.75) is 24.7 Å². The van der Waals surface area contributed by atoms with Gasteiger partial charge in [0.15, 0.2) is 0 Å². The number of nitrogens with zero attached hydrogens (tertiary/aromatic N) is 2. The second-order valence-corrected chi connectivity index (χ2v) is 20.2. The summed E-state index contributed by atoms with van der Waals surface area (Å²) in [6.07, 6.45) is 0. The van der Waals surface area contributed by atoms with E-state index in [0.29, 0.717) is 0 Å². The van der Waals surface area contributed by atoms with Crippen molar-refractivity contribution >= 4 is 70.4 Å². The second kappa shape index (κ2) is 13.3. The fraction of sp³-hybridized carbons (Fsp3) is 0.0625. The van der Waals surface area contributed by atoms with Gasteiger partial charge in [0.2, 0.25) is 0 Å². The third-order valence-corrected chi connectivity index (χ3v) is 16.8. The van der Waals surface area contributed by atoms with E-state index < -0.39 is 5.41 Å². The van der Waals surface area contributed by atoms with E-state index in [-0.39, 0.29) is 5.41 Å². The zero-order valence-electron chi connectivity index (χ0n) is 37.1. The maximum Gasteiger partial charge on any atom is 0.0755 e. The Hall–Kier alpha value is -7.98. The predicted molar refractivity (Wildman–Crippen MR) is 282 cm³/mol. The highest BCUT2D eigenvalue weighted by Crippen LogP contribution is 2.62. The van der Waals surface area contributed by atoms with Gasteiger partial charge in [0.1, 0.15) is 0 Å². The van der Waals surface area contributed by atoms with Crippen LogP contribution >= 0.6 is 11.3 Å². The first kappa shape index (κ1) is 37.3. The molecule has 0 N–H and O–H groups in total. The molecule has 10 aromatic carbocycles. The summed E-state index contributed by atoms with van der Waals surface area (Å²) in [4.78, 5) is 2.56. The van der Waals surface area contributed by atoms with Crippen LogP contribution in [0.15, 0.2) is 218 Å². The number of aromatic nitrogens is 1. The van der Waals surface area contributed by atoms with E-state index >= 15 is 0 Å². The van der Waals surface area contributed by atoms with Crippen molar-refractivity contribution in [3.63, 3.8) is 0 Å². The first-order valence-electron chi connectivity index (χ1n) is 23.4. The number of fused-ring (bicyclic) bond motifs is 18. The van der Waals surface area contributed by atoms with Crippen molar-refractivity contribution in [1.82, 2.24) is 4.57 Å². The van der Waals surface area contributed by atoms with Crippen molar-refractivity contribution in [2.24, 2.45) is 0 Å². The predicted octanol–water partition coefficient (Wildman–Crippen LogP) is 17.3. The number of hydrogen-bond acceptors (Lipinski definition) is 2. The topological polar surface area (TPSA) is 8.17 Å². The van der Waals surface area contributed by atoms with Gasteiger partial charge >= 0.3 is 0 Å². The van der Waals surface area contributed by atoms with Crippen LogP contribution in [0.5, 0.6) is 0 Å². The van der Waals surface area contributed by atoms with E-state index in [0.717, 1.165) is 17.1 Å². The summed E-state index contributed by atoms with van der Waals surface area (Å²) in [7, 11) is 0. The molecule has 3 heteroatoms. The number of para-hydroxylation sites is 4. The Bertz CT molecular complexity index is 4110. The minimum atomic E-state index is -0.572. The van der Waals surface area contributed by atoms with Crippen LogP contribution in [0.3, 0.4) is 0 Å². The summed E-state index contributed by atoms with van der Waals surface area (Å²) < 4.78 is 5.16. The number of anilines is 3. The highest BCUT2D eigenvalue weighted by molar-refractivity contribution is 7.26. The lowest BCUT2D eigenvalue weighted by Gasteiger charge is -2.40. The largest absolute Gasteiger partial charge is 0.310 e. The van der Waals surface area contributed by atoms with E-state index in [2.05, 4.69) is 242 Å². The van der Waals surface area contributed by atoms with E-state index in [1.807, 2.05) is 11.3 Å². The van der Waals surface area contributed by atoms with Gasteiger partial charge in [-0.2, -0.15) is 0 Å². The number of rotatable bonds is 4. The average Bonchev–Trinajstić information content (AvgIpc) is 4.08. The van der Waals surface area contributed by atoms with Gasteiger partial charge in [-0.3, -0.25) is 0 Å². The van der Waals surface area contributed by atoms with Crippen LogP contribution in [0.2, 0.25) is 0 Å². The Kier molecular flexibility index (Phi) is 7.41. The maximum absolute atomic E-state index is 2.56. The molecule has 0 bridgehead atoms. The lowest BCUT2D eigenvalue weighted by Crippen LogP contribution is -2.33. The third kappa shape index (κ3) is 4.74. The highest BCUT2D eigenvalue weighted by Gasteiger charge is 2.51. The molecule has 2 nitrogen and oxygen atoms in total. The zero-order chi connectivity index (χ0) is 44.2. The van der Waals surface area contributed by atoms with Crippen LogP contribution in [-0.4, -0.2) is 4.57 Å². The third-order valence-electron chi connectivity index (χ3n) is 15.6. The molecule has 0 saturated heterocycles. The van der Waals surface area contributed by atoms with E-state index in [9.17, 15) is 0 Å². The van der Waals surface area contributed by atoms with Crippen LogP contribution in [-0.2, 0) is 10.8 Å². The molecule has 1 unspecified atom stereocenters. The monoisotopic (exact) mass is 870 g/mol. The van der Waals surface area contributed by atoms with E-state index in [4.69, 9.17) is 0 Å². The molecule has 0 saturated carbocycles. The number of benzene rings is 10. The molecule has 12 aromatic rings. The summed E-state index contributed by atoms with van der Waals surface area (Å²) in [6, 6.07) is 82.6. The molecule has 314 valence electrons. The zero-order valence-corrected chi connectivity index (χ0v) is 37.9. The van der Waals surface area contributed by atoms with Crippen LogP contribution in [0.1, 0.15) is 47.2 Å². The van der Waals surface area contributed by atoms with Crippen molar-refractivity contribution in [1.29, 1.82) is 0 Å². The molecule has 0 radical (unpaired) electrons. The van der Waals surface area contributed by atoms with Gasteiger partial charge in [-0.25, -0.2) is 0 Å². The molecular weight excluding hydrogens is 829 g/mol. The van der Waals surface area contributed by atoms with Gasteiger partial charge in [-0.05, 0) is 104 Å². The molecular formula is C64H42N2S. The molecule has 1 aliphatic heterocycles. The van der Waals surface area contributed by atoms with Crippen LogP contribution < -0.4 is 4.90 Å². The van der Waals surface area contributed by atoms with Crippen LogP contribution in [0.25, 0.3) is 81.0 Å². The summed E-state index contributed by atoms with van der Waals surface area (Å²) in [6.45, 7) is 4.78. The normalized spacial score (nSPS) is 15.8. The van der Waals surface area contributed by atoms with Gasteiger partial charge in [0.25, 0.3) is 0 Å². The first-order chi connectivity index (χ1) is 33.0. The lowest BCUT2D eigenvalue weighted by atomic mass is 9.65. The van der Waals surface area contributed by atoms with Crippen molar-refractivity contribution in [3.05, 3.63) is 252 Å². The van der Waals surface area contributed by atoms with Crippen molar-refractivity contribution in [2.75, 3.05) is 4.90 Å². The Morgan fingerprint density at radius 1 is 0.388 bits per heavy atom. The molecule has 3 aliphatic rings. The minimum Gasteiger partial charge on any atom is -0.310 e. The Labute approximate surface area is 393 Å². The average molecular weight is 871 g/mol. The molecule has 3 heterocycles. The van der Waals surface area contributed by atoms with E-state index in [1.54, 1.807) is 0 Å². The van der Waals surface area contributed by atoms with Gasteiger partial charge < -0.3 is 9.47 Å². The molecule has 1 spiro atoms. The fourth-order valence-electron chi connectivity index (χ4n) is 12.8. The Morgan fingerprint density at radius 3 is 1.78 bits per heavy atom. The molecule has 67 heavy (non-hydrogen) atoms. The quantitative estimate of drug-likeness (QED) is 0.171. The molecule has 1 atom stereocenters. The summed E-state index contributed by atoms with van der Waals surface area (Å²) in [5.41, 5.74) is 22.1.